The Bertz CT molecular complexity index is 203. The molecule has 0 spiro atoms. The molecule has 2 aliphatic rings. The molecular weight excluding hydrogens is 196 g/mol. The molecule has 94 valence electrons. The van der Waals surface area contributed by atoms with Crippen molar-refractivity contribution in [2.45, 2.75) is 64.5 Å². The van der Waals surface area contributed by atoms with Gasteiger partial charge in [-0.15, -0.1) is 0 Å². The molecular formula is C14H28N2. The van der Waals surface area contributed by atoms with E-state index in [1.807, 2.05) is 0 Å². The second kappa shape index (κ2) is 6.02. The van der Waals surface area contributed by atoms with Gasteiger partial charge in [0.1, 0.15) is 0 Å². The molecule has 2 heteroatoms. The van der Waals surface area contributed by atoms with Crippen LogP contribution in [0.4, 0.5) is 0 Å². The van der Waals surface area contributed by atoms with Gasteiger partial charge < -0.3 is 5.32 Å². The molecule has 2 rings (SSSR count). The van der Waals surface area contributed by atoms with E-state index in [0.717, 1.165) is 24.5 Å². The highest BCUT2D eigenvalue weighted by atomic mass is 15.2. The van der Waals surface area contributed by atoms with Crippen LogP contribution >= 0.6 is 0 Å². The Morgan fingerprint density at radius 1 is 1.19 bits per heavy atom. The lowest BCUT2D eigenvalue weighted by Crippen LogP contribution is -2.53. The van der Waals surface area contributed by atoms with Crippen LogP contribution in [0.15, 0.2) is 0 Å². The lowest BCUT2D eigenvalue weighted by Gasteiger charge is -2.47. The van der Waals surface area contributed by atoms with E-state index in [-0.39, 0.29) is 0 Å². The molecule has 1 aliphatic heterocycles. The van der Waals surface area contributed by atoms with Crippen LogP contribution in [0.1, 0.15) is 52.4 Å². The number of piperidine rings is 1. The van der Waals surface area contributed by atoms with Gasteiger partial charge in [-0.3, -0.25) is 4.90 Å². The Hall–Kier alpha value is -0.0800. The summed E-state index contributed by atoms with van der Waals surface area (Å²) >= 11 is 0. The Balaban J connectivity index is 1.91. The van der Waals surface area contributed by atoms with Crippen molar-refractivity contribution < 1.29 is 0 Å². The predicted molar refractivity (Wildman–Crippen MR) is 69.7 cm³/mol. The van der Waals surface area contributed by atoms with Crippen molar-refractivity contribution in [1.82, 2.24) is 10.2 Å². The minimum atomic E-state index is 0.728. The third-order valence-corrected chi connectivity index (χ3v) is 4.54. The highest BCUT2D eigenvalue weighted by molar-refractivity contribution is 4.89. The van der Waals surface area contributed by atoms with Crippen molar-refractivity contribution >= 4 is 0 Å². The zero-order valence-electron chi connectivity index (χ0n) is 11.0. The second-order valence-corrected chi connectivity index (χ2v) is 5.65. The van der Waals surface area contributed by atoms with E-state index in [4.69, 9.17) is 0 Å². The van der Waals surface area contributed by atoms with Gasteiger partial charge in [0.15, 0.2) is 0 Å². The maximum atomic E-state index is 3.50. The summed E-state index contributed by atoms with van der Waals surface area (Å²) in [5.41, 5.74) is 0. The van der Waals surface area contributed by atoms with Gasteiger partial charge in [0.2, 0.25) is 0 Å². The van der Waals surface area contributed by atoms with Crippen LogP contribution in [0.25, 0.3) is 0 Å². The summed E-state index contributed by atoms with van der Waals surface area (Å²) in [5.74, 6) is 1.02. The fraction of sp³-hybridized carbons (Fsp3) is 1.00. The number of nitrogens with one attached hydrogen (secondary N) is 1. The molecule has 0 aromatic rings. The molecule has 0 aromatic heterocycles. The minimum absolute atomic E-state index is 0.728. The van der Waals surface area contributed by atoms with Crippen molar-refractivity contribution in [3.05, 3.63) is 0 Å². The molecule has 2 nitrogen and oxygen atoms in total. The van der Waals surface area contributed by atoms with Crippen molar-refractivity contribution in [1.29, 1.82) is 0 Å². The van der Waals surface area contributed by atoms with E-state index in [1.165, 1.54) is 51.6 Å². The first kappa shape index (κ1) is 12.4. The highest BCUT2D eigenvalue weighted by Crippen LogP contribution is 2.35. The van der Waals surface area contributed by atoms with Crippen LogP contribution in [-0.2, 0) is 0 Å². The first-order valence-electron chi connectivity index (χ1n) is 7.29. The molecule has 0 bridgehead atoms. The summed E-state index contributed by atoms with van der Waals surface area (Å²) in [6.07, 6.45) is 8.82. The minimum Gasteiger partial charge on any atom is -0.315 e. The van der Waals surface area contributed by atoms with Crippen molar-refractivity contribution in [3.8, 4) is 0 Å². The Morgan fingerprint density at radius 3 is 2.75 bits per heavy atom. The second-order valence-electron chi connectivity index (χ2n) is 5.65. The summed E-state index contributed by atoms with van der Waals surface area (Å²) in [6.45, 7) is 8.21. The van der Waals surface area contributed by atoms with Crippen LogP contribution in [-0.4, -0.2) is 36.6 Å². The van der Waals surface area contributed by atoms with Crippen molar-refractivity contribution in [2.24, 2.45) is 5.92 Å². The molecule has 1 aliphatic carbocycles. The molecule has 16 heavy (non-hydrogen) atoms. The van der Waals surface area contributed by atoms with Crippen LogP contribution < -0.4 is 5.32 Å². The highest BCUT2D eigenvalue weighted by Gasteiger charge is 2.34. The van der Waals surface area contributed by atoms with Crippen LogP contribution in [0, 0.1) is 5.92 Å². The zero-order chi connectivity index (χ0) is 11.4. The van der Waals surface area contributed by atoms with Gasteiger partial charge in [-0.2, -0.15) is 0 Å². The maximum Gasteiger partial charge on any atom is 0.0195 e. The van der Waals surface area contributed by atoms with Crippen LogP contribution in [0.5, 0.6) is 0 Å². The average Bonchev–Trinajstić information content (AvgIpc) is 2.35. The molecule has 2 fully saturated rings. The molecule has 0 aromatic carbocycles. The predicted octanol–water partition coefficient (Wildman–Crippen LogP) is 2.64. The number of likely N-dealkylation sites (N-methyl/N-ethyl adjacent to an activating group) is 1. The third kappa shape index (κ3) is 2.78. The Kier molecular flexibility index (Phi) is 4.66. The van der Waals surface area contributed by atoms with E-state index in [1.54, 1.807) is 0 Å². The van der Waals surface area contributed by atoms with Crippen LogP contribution in [0.2, 0.25) is 0 Å². The lowest BCUT2D eigenvalue weighted by atomic mass is 9.78. The fourth-order valence-corrected chi connectivity index (χ4v) is 3.68. The normalized spacial score (nSPS) is 33.4. The number of fused-ring (bicyclic) bond motifs is 1. The number of nitrogens with zero attached hydrogens (tertiary/aromatic N) is 1. The zero-order valence-corrected chi connectivity index (χ0v) is 11.0. The van der Waals surface area contributed by atoms with E-state index in [2.05, 4.69) is 24.1 Å². The van der Waals surface area contributed by atoms with Gasteiger partial charge in [-0.25, -0.2) is 0 Å². The Labute approximate surface area is 101 Å². The van der Waals surface area contributed by atoms with Gasteiger partial charge in [0.25, 0.3) is 0 Å². The van der Waals surface area contributed by atoms with Gasteiger partial charge in [0, 0.05) is 18.6 Å². The monoisotopic (exact) mass is 224 g/mol. The van der Waals surface area contributed by atoms with E-state index >= 15 is 0 Å². The van der Waals surface area contributed by atoms with E-state index in [0.29, 0.717) is 0 Å². The largest absolute Gasteiger partial charge is 0.315 e. The van der Waals surface area contributed by atoms with Gasteiger partial charge >= 0.3 is 0 Å². The van der Waals surface area contributed by atoms with Gasteiger partial charge in [-0.05, 0) is 51.6 Å². The molecule has 0 radical (unpaired) electrons. The first-order chi connectivity index (χ1) is 7.83. The van der Waals surface area contributed by atoms with E-state index in [9.17, 15) is 0 Å². The quantitative estimate of drug-likeness (QED) is 0.790. The van der Waals surface area contributed by atoms with Crippen molar-refractivity contribution in [3.63, 3.8) is 0 Å². The first-order valence-corrected chi connectivity index (χ1v) is 7.29. The van der Waals surface area contributed by atoms with Gasteiger partial charge in [0.05, 0.1) is 0 Å². The molecule has 3 atom stereocenters. The lowest BCUT2D eigenvalue weighted by molar-refractivity contribution is 0.0317. The molecule has 1 unspecified atom stereocenters. The van der Waals surface area contributed by atoms with E-state index < -0.39 is 0 Å². The summed E-state index contributed by atoms with van der Waals surface area (Å²) < 4.78 is 0. The molecule has 1 heterocycles. The summed E-state index contributed by atoms with van der Waals surface area (Å²) in [5, 5.41) is 3.50. The molecule has 1 saturated carbocycles. The third-order valence-electron chi connectivity index (χ3n) is 4.54. The SMILES string of the molecule is CCNCC(C)N1CCC[C@H]2CCCC[C@H]21. The summed E-state index contributed by atoms with van der Waals surface area (Å²) in [6, 6.07) is 1.64. The average molecular weight is 224 g/mol. The standard InChI is InChI=1S/C14H28N2/c1-3-15-11-12(2)16-10-6-8-13-7-4-5-9-14(13)16/h12-15H,3-11H2,1-2H3/t12?,13-,14-/m1/s1. The fourth-order valence-electron chi connectivity index (χ4n) is 3.68. The van der Waals surface area contributed by atoms with Crippen LogP contribution in [0.3, 0.4) is 0 Å². The van der Waals surface area contributed by atoms with Gasteiger partial charge in [-0.1, -0.05) is 19.8 Å². The summed E-state index contributed by atoms with van der Waals surface area (Å²) in [7, 11) is 0. The summed E-state index contributed by atoms with van der Waals surface area (Å²) in [4.78, 5) is 2.80. The number of rotatable bonds is 4. The van der Waals surface area contributed by atoms with Crippen molar-refractivity contribution in [2.75, 3.05) is 19.6 Å². The number of likely N-dealkylation sites (tertiary alicyclic amines) is 1. The smallest absolute Gasteiger partial charge is 0.0195 e. The molecule has 0 amide bonds. The molecule has 1 saturated heterocycles. The molecule has 1 N–H and O–H groups in total. The maximum absolute atomic E-state index is 3.50. The number of hydrogen-bond donors (Lipinski definition) is 1. The Morgan fingerprint density at radius 2 is 1.94 bits per heavy atom. The number of hydrogen-bond acceptors (Lipinski definition) is 2. The topological polar surface area (TPSA) is 15.3 Å².